The zero-order valence-electron chi connectivity index (χ0n) is 15.0. The van der Waals surface area contributed by atoms with E-state index in [1.807, 2.05) is 13.0 Å². The summed E-state index contributed by atoms with van der Waals surface area (Å²) in [7, 11) is 0. The molecule has 7 atom stereocenters. The molecule has 134 valence electrons. The van der Waals surface area contributed by atoms with Crippen molar-refractivity contribution in [3.63, 3.8) is 0 Å². The number of aliphatic carboxylic acids is 1. The molecule has 4 nitrogen and oxygen atoms in total. The fourth-order valence-electron chi connectivity index (χ4n) is 6.32. The largest absolute Gasteiger partial charge is 0.481 e. The number of aliphatic hydroxyl groups is 2. The van der Waals surface area contributed by atoms with Crippen LogP contribution in [0.2, 0.25) is 0 Å². The smallest absolute Gasteiger partial charge is 0.312 e. The fraction of sp³-hybridized carbons (Fsp3) is 0.750. The Labute approximate surface area is 144 Å². The van der Waals surface area contributed by atoms with E-state index in [0.717, 1.165) is 19.3 Å². The van der Waals surface area contributed by atoms with Gasteiger partial charge in [0.15, 0.2) is 0 Å². The molecule has 0 aliphatic heterocycles. The Bertz CT molecular complexity index is 596. The molecule has 2 fully saturated rings. The molecule has 0 radical (unpaired) electrons. The Kier molecular flexibility index (Phi) is 4.00. The lowest BCUT2D eigenvalue weighted by atomic mass is 9.40. The van der Waals surface area contributed by atoms with E-state index < -0.39 is 28.5 Å². The summed E-state index contributed by atoms with van der Waals surface area (Å²) in [6, 6.07) is 0. The fourth-order valence-corrected chi connectivity index (χ4v) is 6.32. The van der Waals surface area contributed by atoms with Gasteiger partial charge in [0.05, 0.1) is 11.5 Å². The number of allylic oxidation sites excluding steroid dienone is 3. The first-order valence-corrected chi connectivity index (χ1v) is 9.10. The van der Waals surface area contributed by atoms with Gasteiger partial charge in [-0.2, -0.15) is 0 Å². The van der Waals surface area contributed by atoms with Crippen molar-refractivity contribution in [1.82, 2.24) is 0 Å². The van der Waals surface area contributed by atoms with Crippen LogP contribution >= 0.6 is 0 Å². The van der Waals surface area contributed by atoms with Crippen LogP contribution in [0, 0.1) is 28.6 Å². The van der Waals surface area contributed by atoms with E-state index in [9.17, 15) is 20.1 Å². The van der Waals surface area contributed by atoms with Gasteiger partial charge in [0, 0.05) is 5.41 Å². The number of hydrogen-bond acceptors (Lipinski definition) is 3. The van der Waals surface area contributed by atoms with Crippen molar-refractivity contribution >= 4 is 5.97 Å². The van der Waals surface area contributed by atoms with Crippen LogP contribution in [0.5, 0.6) is 0 Å². The molecule has 0 saturated heterocycles. The number of carboxylic acid groups (broad SMARTS) is 1. The first-order chi connectivity index (χ1) is 11.1. The van der Waals surface area contributed by atoms with E-state index in [-0.39, 0.29) is 17.8 Å². The molecule has 0 unspecified atom stereocenters. The predicted molar refractivity (Wildman–Crippen MR) is 92.3 cm³/mol. The molecule has 3 N–H and O–H groups in total. The van der Waals surface area contributed by atoms with Crippen molar-refractivity contribution < 1.29 is 20.1 Å². The second-order valence-corrected chi connectivity index (χ2v) is 8.63. The molecule has 0 spiro atoms. The van der Waals surface area contributed by atoms with E-state index in [1.165, 1.54) is 5.57 Å². The Hall–Kier alpha value is -1.13. The van der Waals surface area contributed by atoms with Gasteiger partial charge in [0.2, 0.25) is 0 Å². The van der Waals surface area contributed by atoms with E-state index in [2.05, 4.69) is 19.6 Å². The van der Waals surface area contributed by atoms with Gasteiger partial charge in [0.1, 0.15) is 5.60 Å². The second kappa shape index (κ2) is 5.43. The first-order valence-electron chi connectivity index (χ1n) is 9.10. The molecule has 3 aliphatic carbocycles. The Morgan fingerprint density at radius 3 is 2.62 bits per heavy atom. The topological polar surface area (TPSA) is 77.8 Å². The van der Waals surface area contributed by atoms with Gasteiger partial charge in [0.25, 0.3) is 0 Å². The van der Waals surface area contributed by atoms with Crippen molar-refractivity contribution in [1.29, 1.82) is 0 Å². The van der Waals surface area contributed by atoms with Crippen molar-refractivity contribution in [2.75, 3.05) is 0 Å². The number of hydrogen-bond donors (Lipinski definition) is 3. The minimum atomic E-state index is -1.59. The van der Waals surface area contributed by atoms with Gasteiger partial charge >= 0.3 is 5.97 Å². The van der Waals surface area contributed by atoms with E-state index >= 15 is 0 Å². The number of fused-ring (bicyclic) bond motifs is 3. The molecule has 0 heterocycles. The third kappa shape index (κ3) is 1.90. The van der Waals surface area contributed by atoms with Gasteiger partial charge < -0.3 is 15.3 Å². The molecule has 4 heteroatoms. The third-order valence-corrected chi connectivity index (χ3v) is 7.88. The van der Waals surface area contributed by atoms with Gasteiger partial charge in [-0.1, -0.05) is 39.0 Å². The molecular formula is C20H30O4. The van der Waals surface area contributed by atoms with E-state index in [0.29, 0.717) is 12.8 Å². The summed E-state index contributed by atoms with van der Waals surface area (Å²) in [5, 5.41) is 32.5. The van der Waals surface area contributed by atoms with Crippen molar-refractivity contribution in [2.24, 2.45) is 28.6 Å². The Balaban J connectivity index is 2.13. The van der Waals surface area contributed by atoms with Gasteiger partial charge in [-0.05, 0) is 55.9 Å². The van der Waals surface area contributed by atoms with Gasteiger partial charge in [-0.25, -0.2) is 0 Å². The molecule has 24 heavy (non-hydrogen) atoms. The molecule has 0 aromatic heterocycles. The average Bonchev–Trinajstić information content (AvgIpc) is 2.52. The third-order valence-electron chi connectivity index (χ3n) is 7.88. The van der Waals surface area contributed by atoms with Crippen LogP contribution in [0.1, 0.15) is 52.9 Å². The molecular weight excluding hydrogens is 304 g/mol. The van der Waals surface area contributed by atoms with Crippen molar-refractivity contribution in [3.8, 4) is 0 Å². The molecule has 2 saturated carbocycles. The Morgan fingerprint density at radius 1 is 1.38 bits per heavy atom. The van der Waals surface area contributed by atoms with Crippen LogP contribution in [-0.2, 0) is 4.79 Å². The second-order valence-electron chi connectivity index (χ2n) is 8.63. The average molecular weight is 334 g/mol. The summed E-state index contributed by atoms with van der Waals surface area (Å²) in [5.74, 6) is -0.294. The summed E-state index contributed by atoms with van der Waals surface area (Å²) < 4.78 is 0. The highest BCUT2D eigenvalue weighted by Gasteiger charge is 2.72. The molecule has 3 rings (SSSR count). The zero-order valence-corrected chi connectivity index (χ0v) is 15.0. The summed E-state index contributed by atoms with van der Waals surface area (Å²) >= 11 is 0. The van der Waals surface area contributed by atoms with Crippen molar-refractivity contribution in [2.45, 2.75) is 64.6 Å². The summed E-state index contributed by atoms with van der Waals surface area (Å²) in [6.45, 7) is 9.67. The van der Waals surface area contributed by atoms with Crippen LogP contribution in [0.3, 0.4) is 0 Å². The lowest BCUT2D eigenvalue weighted by Gasteiger charge is -2.66. The van der Waals surface area contributed by atoms with Crippen LogP contribution in [0.4, 0.5) is 0 Å². The number of rotatable bonds is 2. The number of carboxylic acids is 1. The van der Waals surface area contributed by atoms with Crippen molar-refractivity contribution in [3.05, 3.63) is 24.3 Å². The molecule has 3 aliphatic rings. The molecule has 0 amide bonds. The van der Waals surface area contributed by atoms with Crippen LogP contribution < -0.4 is 0 Å². The predicted octanol–water partition coefficient (Wildman–Crippen LogP) is 3.15. The summed E-state index contributed by atoms with van der Waals surface area (Å²) in [4.78, 5) is 12.1. The monoisotopic (exact) mass is 334 g/mol. The van der Waals surface area contributed by atoms with Crippen LogP contribution in [0.25, 0.3) is 0 Å². The standard InChI is InChI=1S/C20H30O4/c1-5-13-7-8-15-14(12(13)2)11-16(21)20(24)18(15,3)9-6-10-19(20,4)17(22)23/h5,7,12,14-16,21,24H,1,6,8-11H2,2-4H3,(H,22,23)/t12-,14-,15-,16+,18+,19+,20-/m0/s1. The lowest BCUT2D eigenvalue weighted by molar-refractivity contribution is -0.288. The van der Waals surface area contributed by atoms with E-state index in [1.54, 1.807) is 6.92 Å². The maximum absolute atomic E-state index is 12.1. The number of aliphatic hydroxyl groups excluding tert-OH is 1. The Morgan fingerprint density at radius 2 is 2.04 bits per heavy atom. The highest BCUT2D eigenvalue weighted by molar-refractivity contribution is 5.76. The maximum Gasteiger partial charge on any atom is 0.312 e. The molecule has 0 aromatic carbocycles. The first kappa shape index (κ1) is 17.7. The van der Waals surface area contributed by atoms with Gasteiger partial charge in [-0.15, -0.1) is 0 Å². The highest BCUT2D eigenvalue weighted by Crippen LogP contribution is 2.66. The summed E-state index contributed by atoms with van der Waals surface area (Å²) in [6.07, 6.45) is 6.26. The van der Waals surface area contributed by atoms with E-state index in [4.69, 9.17) is 0 Å². The minimum Gasteiger partial charge on any atom is -0.481 e. The normalized spacial score (nSPS) is 51.1. The molecule has 0 aromatic rings. The molecule has 0 bridgehead atoms. The zero-order chi connectivity index (χ0) is 17.9. The van der Waals surface area contributed by atoms with Crippen LogP contribution in [-0.4, -0.2) is 33.0 Å². The lowest BCUT2D eigenvalue weighted by Crippen LogP contribution is -2.74. The SMILES string of the molecule is C=CC1=CC[C@H]2[C@@H](C[C@@H](O)[C@@]3(O)[C@@](C)(C(=O)O)CCC[C@]23C)[C@H]1C. The maximum atomic E-state index is 12.1. The minimum absolute atomic E-state index is 0.184. The highest BCUT2D eigenvalue weighted by atomic mass is 16.4. The number of carbonyl (C=O) groups is 1. The quantitative estimate of drug-likeness (QED) is 0.725. The van der Waals surface area contributed by atoms with Crippen LogP contribution in [0.15, 0.2) is 24.3 Å². The summed E-state index contributed by atoms with van der Waals surface area (Å²) in [5.41, 5.74) is -2.30. The van der Waals surface area contributed by atoms with Gasteiger partial charge in [-0.3, -0.25) is 4.79 Å².